The second-order valence-corrected chi connectivity index (χ2v) is 4.45. The summed E-state index contributed by atoms with van der Waals surface area (Å²) in [5.74, 6) is 0.262. The van der Waals surface area contributed by atoms with Crippen LogP contribution in [0.3, 0.4) is 0 Å². The first kappa shape index (κ1) is 8.87. The Hall–Kier alpha value is -0.710. The Labute approximate surface area is 80.0 Å². The maximum Gasteiger partial charge on any atom is 0.307 e. The van der Waals surface area contributed by atoms with Crippen LogP contribution in [0.5, 0.6) is 0 Å². The molecule has 2 fully saturated rings. The van der Waals surface area contributed by atoms with Crippen LogP contribution in [0.15, 0.2) is 0 Å². The molecule has 2 bridgehead atoms. The van der Waals surface area contributed by atoms with Crippen LogP contribution < -0.4 is 0 Å². The number of thioether (sulfide) groups is 1. The minimum atomic E-state index is -0.305. The molecule has 2 aliphatic heterocycles. The number of carbonyl (C=O) groups is 2. The zero-order chi connectivity index (χ0) is 9.42. The number of fused-ring (bicyclic) bond motifs is 2. The lowest BCUT2D eigenvalue weighted by Gasteiger charge is -2.27. The van der Waals surface area contributed by atoms with E-state index < -0.39 is 0 Å². The van der Waals surface area contributed by atoms with Crippen molar-refractivity contribution in [2.75, 3.05) is 5.75 Å². The van der Waals surface area contributed by atoms with Gasteiger partial charge in [-0.05, 0) is 0 Å². The zero-order valence-electron chi connectivity index (χ0n) is 7.19. The fraction of sp³-hybridized carbons (Fsp3) is 0.750. The zero-order valence-corrected chi connectivity index (χ0v) is 8.00. The molecule has 0 aromatic carbocycles. The largest absolute Gasteiger partial charge is 0.457 e. The van der Waals surface area contributed by atoms with Crippen LogP contribution in [0.2, 0.25) is 0 Å². The third-order valence-electron chi connectivity index (χ3n) is 2.16. The highest BCUT2D eigenvalue weighted by atomic mass is 32.2. The van der Waals surface area contributed by atoms with Crippen LogP contribution >= 0.6 is 11.8 Å². The molecule has 2 rings (SSSR count). The van der Waals surface area contributed by atoms with E-state index in [1.54, 1.807) is 11.8 Å². The molecule has 0 aliphatic carbocycles. The predicted molar refractivity (Wildman–Crippen MR) is 46.3 cm³/mol. The summed E-state index contributed by atoms with van der Waals surface area (Å²) in [5.41, 5.74) is 0. The molecule has 0 spiro atoms. The Morgan fingerprint density at radius 3 is 3.08 bits per heavy atom. The lowest BCUT2D eigenvalue weighted by atomic mass is 10.1. The van der Waals surface area contributed by atoms with Crippen molar-refractivity contribution in [3.63, 3.8) is 0 Å². The Morgan fingerprint density at radius 2 is 2.46 bits per heavy atom. The average Bonchev–Trinajstić information content (AvgIpc) is 2.32. The van der Waals surface area contributed by atoms with Crippen LogP contribution in [0.4, 0.5) is 0 Å². The number of hydrogen-bond acceptors (Lipinski definition) is 5. The molecule has 4 nitrogen and oxygen atoms in total. The first-order chi connectivity index (χ1) is 6.16. The van der Waals surface area contributed by atoms with Gasteiger partial charge in [-0.3, -0.25) is 9.59 Å². The summed E-state index contributed by atoms with van der Waals surface area (Å²) in [6, 6.07) is 0. The molecule has 0 unspecified atom stereocenters. The van der Waals surface area contributed by atoms with E-state index >= 15 is 0 Å². The van der Waals surface area contributed by atoms with Gasteiger partial charge in [0.2, 0.25) is 0 Å². The molecule has 0 amide bonds. The van der Waals surface area contributed by atoms with E-state index in [0.717, 1.165) is 5.75 Å². The Morgan fingerprint density at radius 1 is 1.69 bits per heavy atom. The van der Waals surface area contributed by atoms with Gasteiger partial charge in [0.1, 0.15) is 6.10 Å². The summed E-state index contributed by atoms with van der Waals surface area (Å²) in [5, 5.41) is 0.107. The molecule has 2 heterocycles. The lowest BCUT2D eigenvalue weighted by Crippen LogP contribution is -2.42. The Balaban J connectivity index is 2.06. The fourth-order valence-electron chi connectivity index (χ4n) is 1.65. The van der Waals surface area contributed by atoms with Crippen LogP contribution in [0.25, 0.3) is 0 Å². The van der Waals surface area contributed by atoms with Crippen LogP contribution in [-0.4, -0.2) is 35.1 Å². The first-order valence-electron chi connectivity index (χ1n) is 4.15. The van der Waals surface area contributed by atoms with E-state index in [1.165, 1.54) is 6.92 Å². The smallest absolute Gasteiger partial charge is 0.307 e. The molecule has 0 N–H and O–H groups in total. The minimum absolute atomic E-state index is 0.107. The number of ether oxygens (including phenoxy) is 2. The third kappa shape index (κ3) is 1.65. The molecule has 3 atom stereocenters. The molecule has 5 heteroatoms. The van der Waals surface area contributed by atoms with Crippen LogP contribution in [0.1, 0.15) is 13.3 Å². The molecule has 72 valence electrons. The maximum atomic E-state index is 11.0. The number of rotatable bonds is 1. The highest BCUT2D eigenvalue weighted by Crippen LogP contribution is 2.37. The van der Waals surface area contributed by atoms with Gasteiger partial charge >= 0.3 is 11.9 Å². The third-order valence-corrected chi connectivity index (χ3v) is 3.54. The minimum Gasteiger partial charge on any atom is -0.457 e. The predicted octanol–water partition coefficient (Wildman–Crippen LogP) is 0.349. The van der Waals surface area contributed by atoms with Gasteiger partial charge in [-0.15, -0.1) is 11.8 Å². The van der Waals surface area contributed by atoms with Gasteiger partial charge in [0.05, 0.1) is 11.7 Å². The SMILES string of the molecule is CC(=O)O[C@@H]1[C@H]2CS[C@@H]1CC(=O)O2. The summed E-state index contributed by atoms with van der Waals surface area (Å²) in [7, 11) is 0. The molecular weight excluding hydrogens is 192 g/mol. The van der Waals surface area contributed by atoms with E-state index in [-0.39, 0.29) is 29.4 Å². The molecule has 0 radical (unpaired) electrons. The fourth-order valence-corrected chi connectivity index (χ4v) is 3.02. The van der Waals surface area contributed by atoms with Gasteiger partial charge in [0.25, 0.3) is 0 Å². The molecule has 0 aromatic heterocycles. The number of hydrogen-bond donors (Lipinski definition) is 0. The van der Waals surface area contributed by atoms with E-state index in [0.29, 0.717) is 6.42 Å². The van der Waals surface area contributed by atoms with Crippen molar-refractivity contribution in [3.05, 3.63) is 0 Å². The van der Waals surface area contributed by atoms with Crippen molar-refractivity contribution in [2.24, 2.45) is 0 Å². The van der Waals surface area contributed by atoms with Crippen LogP contribution in [0, 0.1) is 0 Å². The molecule has 13 heavy (non-hydrogen) atoms. The van der Waals surface area contributed by atoms with Crippen molar-refractivity contribution >= 4 is 23.7 Å². The van der Waals surface area contributed by atoms with Gasteiger partial charge in [0.15, 0.2) is 6.10 Å². The van der Waals surface area contributed by atoms with Gasteiger partial charge < -0.3 is 9.47 Å². The summed E-state index contributed by atoms with van der Waals surface area (Å²) in [6.07, 6.45) is -0.0839. The van der Waals surface area contributed by atoms with Gasteiger partial charge in [0, 0.05) is 12.7 Å². The molecule has 0 saturated carbocycles. The van der Waals surface area contributed by atoms with Crippen molar-refractivity contribution in [1.82, 2.24) is 0 Å². The molecular formula is C8H10O4S. The van der Waals surface area contributed by atoms with Crippen molar-refractivity contribution in [1.29, 1.82) is 0 Å². The summed E-state index contributed by atoms with van der Waals surface area (Å²) in [6.45, 7) is 1.38. The second kappa shape index (κ2) is 3.21. The monoisotopic (exact) mass is 202 g/mol. The number of carbonyl (C=O) groups excluding carboxylic acids is 2. The standard InChI is InChI=1S/C8H10O4S/c1-4(9)11-8-5-3-13-6(8)2-7(10)12-5/h5-6,8H,2-3H2,1H3/t5-,6-,8-/m1/s1. The number of esters is 2. The Kier molecular flexibility index (Phi) is 2.19. The van der Waals surface area contributed by atoms with Gasteiger partial charge in [-0.25, -0.2) is 0 Å². The summed E-state index contributed by atoms with van der Waals surface area (Å²) in [4.78, 5) is 21.7. The first-order valence-corrected chi connectivity index (χ1v) is 5.20. The van der Waals surface area contributed by atoms with Crippen molar-refractivity contribution < 1.29 is 19.1 Å². The van der Waals surface area contributed by atoms with Gasteiger partial charge in [-0.2, -0.15) is 0 Å². The second-order valence-electron chi connectivity index (χ2n) is 3.18. The highest BCUT2D eigenvalue weighted by Gasteiger charge is 2.46. The van der Waals surface area contributed by atoms with Crippen molar-refractivity contribution in [3.8, 4) is 0 Å². The van der Waals surface area contributed by atoms with Crippen LogP contribution in [-0.2, 0) is 19.1 Å². The highest BCUT2D eigenvalue weighted by molar-refractivity contribution is 8.00. The molecule has 2 aliphatic rings. The molecule has 2 saturated heterocycles. The maximum absolute atomic E-state index is 11.0. The normalized spacial score (nSPS) is 37.0. The Bertz CT molecular complexity index is 237. The van der Waals surface area contributed by atoms with E-state index in [4.69, 9.17) is 9.47 Å². The van der Waals surface area contributed by atoms with E-state index in [2.05, 4.69) is 0 Å². The molecule has 0 aromatic rings. The average molecular weight is 202 g/mol. The van der Waals surface area contributed by atoms with E-state index in [9.17, 15) is 9.59 Å². The summed E-state index contributed by atoms with van der Waals surface area (Å²) >= 11 is 1.64. The topological polar surface area (TPSA) is 52.6 Å². The van der Waals surface area contributed by atoms with Crippen molar-refractivity contribution in [2.45, 2.75) is 30.8 Å². The quantitative estimate of drug-likeness (QED) is 0.574. The summed E-state index contributed by atoms with van der Waals surface area (Å²) < 4.78 is 10.1. The lowest BCUT2D eigenvalue weighted by molar-refractivity contribution is -0.171. The van der Waals surface area contributed by atoms with E-state index in [1.807, 2.05) is 0 Å². The van der Waals surface area contributed by atoms with Gasteiger partial charge in [-0.1, -0.05) is 0 Å².